The number of benzene rings is 3. The van der Waals surface area contributed by atoms with Gasteiger partial charge in [0.1, 0.15) is 6.54 Å². The Morgan fingerprint density at radius 3 is 2.49 bits per heavy atom. The van der Waals surface area contributed by atoms with E-state index in [1.165, 1.54) is 16.4 Å². The maximum absolute atomic E-state index is 13.7. The first-order chi connectivity index (χ1) is 16.9. The van der Waals surface area contributed by atoms with E-state index < -0.39 is 5.56 Å². The van der Waals surface area contributed by atoms with Crippen LogP contribution in [0, 0.1) is 6.92 Å². The number of anilines is 2. The van der Waals surface area contributed by atoms with Gasteiger partial charge in [-0.15, -0.1) is 0 Å². The number of amides is 2. The number of carbonyl (C=O) groups is 2. The molecule has 0 saturated carbocycles. The third-order valence-electron chi connectivity index (χ3n) is 6.54. The summed E-state index contributed by atoms with van der Waals surface area (Å²) < 4.78 is 1.44. The van der Waals surface area contributed by atoms with E-state index in [1.54, 1.807) is 17.0 Å². The summed E-state index contributed by atoms with van der Waals surface area (Å²) in [5.74, 6) is -0.443. The Bertz CT molecular complexity index is 1510. The second-order valence-corrected chi connectivity index (χ2v) is 8.77. The average Bonchev–Trinajstić information content (AvgIpc) is 3.29. The minimum atomic E-state index is -0.465. The van der Waals surface area contributed by atoms with E-state index in [1.807, 2.05) is 67.6 Å². The molecule has 0 aliphatic carbocycles. The largest absolute Gasteiger partial charge is 0.310 e. The molecule has 1 aliphatic heterocycles. The van der Waals surface area contributed by atoms with E-state index in [-0.39, 0.29) is 30.7 Å². The van der Waals surface area contributed by atoms with Gasteiger partial charge in [-0.25, -0.2) is 4.98 Å². The quantitative estimate of drug-likeness (QED) is 0.448. The smallest absolute Gasteiger partial charge is 0.294 e. The van der Waals surface area contributed by atoms with Crippen LogP contribution in [0.5, 0.6) is 0 Å². The highest BCUT2D eigenvalue weighted by molar-refractivity contribution is 5.96. The molecule has 0 saturated heterocycles. The van der Waals surface area contributed by atoms with Crippen LogP contribution in [0.1, 0.15) is 23.6 Å². The van der Waals surface area contributed by atoms with Gasteiger partial charge in [-0.3, -0.25) is 23.9 Å². The van der Waals surface area contributed by atoms with E-state index >= 15 is 0 Å². The highest BCUT2D eigenvalue weighted by Gasteiger charge is 2.27. The molecule has 3 aromatic carbocycles. The lowest BCUT2D eigenvalue weighted by atomic mass is 10.1. The fourth-order valence-electron chi connectivity index (χ4n) is 4.62. The van der Waals surface area contributed by atoms with Crippen LogP contribution in [0.4, 0.5) is 11.5 Å². The third kappa shape index (κ3) is 4.21. The molecule has 0 radical (unpaired) electrons. The normalized spacial score (nSPS) is 12.6. The topological polar surface area (TPSA) is 75.5 Å². The monoisotopic (exact) mass is 466 g/mol. The Kier molecular flexibility index (Phi) is 5.91. The van der Waals surface area contributed by atoms with Crippen LogP contribution in [0.25, 0.3) is 11.0 Å². The fourth-order valence-corrected chi connectivity index (χ4v) is 4.62. The second-order valence-electron chi connectivity index (χ2n) is 8.77. The zero-order chi connectivity index (χ0) is 24.5. The van der Waals surface area contributed by atoms with E-state index in [2.05, 4.69) is 4.98 Å². The molecule has 0 bridgehead atoms. The van der Waals surface area contributed by atoms with Gasteiger partial charge in [0.05, 0.1) is 17.6 Å². The number of nitrogens with zero attached hydrogens (tertiary/aromatic N) is 4. The van der Waals surface area contributed by atoms with Crippen LogP contribution in [0.3, 0.4) is 0 Å². The minimum absolute atomic E-state index is 0.0223. The first-order valence-corrected chi connectivity index (χ1v) is 11.6. The third-order valence-corrected chi connectivity index (χ3v) is 6.54. The van der Waals surface area contributed by atoms with E-state index in [0.29, 0.717) is 17.6 Å². The zero-order valence-corrected chi connectivity index (χ0v) is 19.8. The van der Waals surface area contributed by atoms with Gasteiger partial charge in [-0.05, 0) is 48.2 Å². The van der Waals surface area contributed by atoms with Crippen molar-refractivity contribution in [2.45, 2.75) is 33.4 Å². The maximum Gasteiger partial charge on any atom is 0.294 e. The number of rotatable bonds is 5. The molecule has 5 rings (SSSR count). The number of hydrogen-bond donors (Lipinski definition) is 0. The van der Waals surface area contributed by atoms with Gasteiger partial charge in [0.15, 0.2) is 0 Å². The molecule has 1 aliphatic rings. The van der Waals surface area contributed by atoms with Crippen molar-refractivity contribution in [3.05, 3.63) is 99.8 Å². The summed E-state index contributed by atoms with van der Waals surface area (Å²) in [5.41, 5.74) is 4.59. The molecule has 2 heterocycles. The van der Waals surface area contributed by atoms with Crippen molar-refractivity contribution in [1.82, 2.24) is 9.55 Å². The van der Waals surface area contributed by atoms with Gasteiger partial charge in [0.2, 0.25) is 17.6 Å². The summed E-state index contributed by atoms with van der Waals surface area (Å²) in [5, 5.41) is 0. The number of aryl methyl sites for hydroxylation is 1. The molecule has 2 amide bonds. The Morgan fingerprint density at radius 2 is 1.69 bits per heavy atom. The van der Waals surface area contributed by atoms with Crippen molar-refractivity contribution in [1.29, 1.82) is 0 Å². The lowest BCUT2D eigenvalue weighted by molar-refractivity contribution is -0.119. The second kappa shape index (κ2) is 9.18. The van der Waals surface area contributed by atoms with Crippen LogP contribution in [0.2, 0.25) is 0 Å². The molecule has 0 spiro atoms. The van der Waals surface area contributed by atoms with Crippen LogP contribution in [-0.2, 0) is 29.1 Å². The fraction of sp³-hybridized carbons (Fsp3) is 0.214. The van der Waals surface area contributed by atoms with Crippen molar-refractivity contribution in [3.8, 4) is 0 Å². The molecule has 7 heteroatoms. The SMILES string of the molecule is CC(=O)N(Cc1ccccc1C)c1nc2ccccc2n(CC(=O)N2CCc3ccccc32)c1=O. The van der Waals surface area contributed by atoms with Gasteiger partial charge in [-0.1, -0.05) is 54.6 Å². The van der Waals surface area contributed by atoms with Crippen LogP contribution < -0.4 is 15.4 Å². The molecule has 0 N–H and O–H groups in total. The van der Waals surface area contributed by atoms with Crippen LogP contribution in [-0.4, -0.2) is 27.9 Å². The highest BCUT2D eigenvalue weighted by Crippen LogP contribution is 2.28. The van der Waals surface area contributed by atoms with Crippen molar-refractivity contribution in [3.63, 3.8) is 0 Å². The predicted molar refractivity (Wildman–Crippen MR) is 137 cm³/mol. The molecular formula is C28H26N4O3. The summed E-state index contributed by atoms with van der Waals surface area (Å²) >= 11 is 0. The van der Waals surface area contributed by atoms with Crippen molar-refractivity contribution >= 4 is 34.4 Å². The summed E-state index contributed by atoms with van der Waals surface area (Å²) in [6.07, 6.45) is 0.785. The van der Waals surface area contributed by atoms with Gasteiger partial charge in [0.25, 0.3) is 5.56 Å². The lowest BCUT2D eigenvalue weighted by Gasteiger charge is -2.23. The molecule has 7 nitrogen and oxygen atoms in total. The molecule has 4 aromatic rings. The van der Waals surface area contributed by atoms with Crippen LogP contribution in [0.15, 0.2) is 77.6 Å². The summed E-state index contributed by atoms with van der Waals surface area (Å²) in [7, 11) is 0. The van der Waals surface area contributed by atoms with E-state index in [4.69, 9.17) is 0 Å². The number of para-hydroxylation sites is 3. The predicted octanol–water partition coefficient (Wildman–Crippen LogP) is 3.85. The van der Waals surface area contributed by atoms with E-state index in [0.717, 1.165) is 28.8 Å². The molecule has 1 aromatic heterocycles. The molecule has 0 fully saturated rings. The number of carbonyl (C=O) groups excluding carboxylic acids is 2. The summed E-state index contributed by atoms with van der Waals surface area (Å²) in [6.45, 7) is 4.04. The van der Waals surface area contributed by atoms with Crippen molar-refractivity contribution in [2.24, 2.45) is 0 Å². The van der Waals surface area contributed by atoms with Crippen molar-refractivity contribution < 1.29 is 9.59 Å². The first-order valence-electron chi connectivity index (χ1n) is 11.6. The number of hydrogen-bond acceptors (Lipinski definition) is 4. The minimum Gasteiger partial charge on any atom is -0.310 e. The zero-order valence-electron chi connectivity index (χ0n) is 19.8. The average molecular weight is 467 g/mol. The summed E-state index contributed by atoms with van der Waals surface area (Å²) in [6, 6.07) is 22.7. The van der Waals surface area contributed by atoms with Gasteiger partial charge >= 0.3 is 0 Å². The Morgan fingerprint density at radius 1 is 0.971 bits per heavy atom. The molecule has 35 heavy (non-hydrogen) atoms. The van der Waals surface area contributed by atoms with Crippen molar-refractivity contribution in [2.75, 3.05) is 16.3 Å². The maximum atomic E-state index is 13.7. The van der Waals surface area contributed by atoms with Gasteiger partial charge in [-0.2, -0.15) is 0 Å². The number of aromatic nitrogens is 2. The van der Waals surface area contributed by atoms with Gasteiger partial charge < -0.3 is 4.90 Å². The highest BCUT2D eigenvalue weighted by atomic mass is 16.2. The van der Waals surface area contributed by atoms with Gasteiger partial charge in [0, 0.05) is 19.2 Å². The Labute approximate surface area is 203 Å². The first kappa shape index (κ1) is 22.5. The standard InChI is InChI=1S/C28H26N4O3/c1-19-9-3-4-11-22(19)17-31(20(2)33)27-28(35)32(25-14-8-6-12-23(25)29-27)18-26(34)30-16-15-21-10-5-7-13-24(21)30/h3-14H,15-18H2,1-2H3. The lowest BCUT2D eigenvalue weighted by Crippen LogP contribution is -2.40. The van der Waals surface area contributed by atoms with Crippen LogP contribution >= 0.6 is 0 Å². The number of fused-ring (bicyclic) bond motifs is 2. The molecule has 0 atom stereocenters. The van der Waals surface area contributed by atoms with E-state index in [9.17, 15) is 14.4 Å². The Balaban J connectivity index is 1.57. The molecule has 0 unspecified atom stereocenters. The summed E-state index contributed by atoms with van der Waals surface area (Å²) in [4.78, 5) is 47.5. The molecule has 176 valence electrons. The Hall–Kier alpha value is -4.26. The molecular weight excluding hydrogens is 440 g/mol.